The van der Waals surface area contributed by atoms with Crippen molar-refractivity contribution >= 4 is 22.7 Å². The van der Waals surface area contributed by atoms with Gasteiger partial charge >= 0.3 is 0 Å². The van der Waals surface area contributed by atoms with Crippen molar-refractivity contribution < 1.29 is 14.3 Å². The van der Waals surface area contributed by atoms with Gasteiger partial charge in [-0.25, -0.2) is 0 Å². The number of H-pyrrole nitrogens is 1. The fourth-order valence-corrected chi connectivity index (χ4v) is 4.14. The van der Waals surface area contributed by atoms with E-state index in [1.54, 1.807) is 23.0 Å². The molecule has 4 rings (SSSR count). The van der Waals surface area contributed by atoms with Gasteiger partial charge < -0.3 is 19.5 Å². The number of amides is 2. The Hall–Kier alpha value is -2.76. The van der Waals surface area contributed by atoms with Gasteiger partial charge in [0.2, 0.25) is 5.91 Å². The van der Waals surface area contributed by atoms with Gasteiger partial charge in [0.25, 0.3) is 5.91 Å². The van der Waals surface area contributed by atoms with Crippen molar-refractivity contribution in [2.75, 3.05) is 26.7 Å². The molecule has 6 nitrogen and oxygen atoms in total. The second-order valence-corrected chi connectivity index (χ2v) is 6.73. The van der Waals surface area contributed by atoms with Crippen LogP contribution in [-0.4, -0.2) is 53.3 Å². The molecule has 3 heterocycles. The number of piperazine rings is 1. The minimum atomic E-state index is -1.00. The zero-order chi connectivity index (χ0) is 17.8. The Bertz CT molecular complexity index is 901. The number of aromatic amines is 1. The predicted octanol–water partition coefficient (Wildman–Crippen LogP) is 1.80. The quantitative estimate of drug-likeness (QED) is 0.867. The number of benzene rings is 1. The standard InChI is InChI=1S/C19H21N3O3/c1-4-8-21-11-16(23)22-9-7-13-14-10-12(25-3)5-6-15(14)20-17(13)19(22,2)18(21)24/h4-6,10,20H,1,7-9,11H2,2-3H3. The van der Waals surface area contributed by atoms with E-state index in [0.717, 1.165) is 34.3 Å². The Morgan fingerprint density at radius 3 is 2.92 bits per heavy atom. The van der Waals surface area contributed by atoms with Gasteiger partial charge in [0.1, 0.15) is 12.3 Å². The lowest BCUT2D eigenvalue weighted by Crippen LogP contribution is -2.66. The van der Waals surface area contributed by atoms with Crippen molar-refractivity contribution in [3.05, 3.63) is 42.1 Å². The summed E-state index contributed by atoms with van der Waals surface area (Å²) >= 11 is 0. The van der Waals surface area contributed by atoms with Crippen LogP contribution < -0.4 is 4.74 Å². The van der Waals surface area contributed by atoms with E-state index in [1.165, 1.54) is 0 Å². The van der Waals surface area contributed by atoms with E-state index in [4.69, 9.17) is 4.74 Å². The Balaban J connectivity index is 1.91. The topological polar surface area (TPSA) is 65.6 Å². The van der Waals surface area contributed by atoms with E-state index >= 15 is 0 Å². The Kier molecular flexibility index (Phi) is 3.39. The minimum Gasteiger partial charge on any atom is -0.497 e. The SMILES string of the molecule is C=CCN1CC(=O)N2CCc3c([nH]c4ccc(OC)cc34)C2(C)C1=O. The van der Waals surface area contributed by atoms with Crippen LogP contribution >= 0.6 is 0 Å². The summed E-state index contributed by atoms with van der Waals surface area (Å²) in [5.74, 6) is 0.693. The van der Waals surface area contributed by atoms with E-state index in [2.05, 4.69) is 11.6 Å². The summed E-state index contributed by atoms with van der Waals surface area (Å²) in [6.45, 7) is 6.57. The third-order valence-electron chi connectivity index (χ3n) is 5.41. The predicted molar refractivity (Wildman–Crippen MR) is 94.4 cm³/mol. The van der Waals surface area contributed by atoms with Crippen LogP contribution in [0.5, 0.6) is 5.75 Å². The van der Waals surface area contributed by atoms with E-state index in [0.29, 0.717) is 13.1 Å². The number of nitrogens with zero attached hydrogens (tertiary/aromatic N) is 2. The van der Waals surface area contributed by atoms with Crippen molar-refractivity contribution in [1.82, 2.24) is 14.8 Å². The smallest absolute Gasteiger partial charge is 0.255 e. The largest absolute Gasteiger partial charge is 0.497 e. The molecule has 1 unspecified atom stereocenters. The molecular weight excluding hydrogens is 318 g/mol. The number of hydrogen-bond donors (Lipinski definition) is 1. The van der Waals surface area contributed by atoms with Crippen LogP contribution in [0.15, 0.2) is 30.9 Å². The van der Waals surface area contributed by atoms with Gasteiger partial charge in [0, 0.05) is 24.0 Å². The lowest BCUT2D eigenvalue weighted by atomic mass is 9.83. The van der Waals surface area contributed by atoms with E-state index in [9.17, 15) is 9.59 Å². The van der Waals surface area contributed by atoms with Crippen LogP contribution in [0.1, 0.15) is 18.2 Å². The molecule has 0 spiro atoms. The molecule has 1 atom stereocenters. The number of carbonyl (C=O) groups excluding carboxylic acids is 2. The Labute approximate surface area is 146 Å². The molecule has 1 N–H and O–H groups in total. The summed E-state index contributed by atoms with van der Waals surface area (Å²) in [5, 5.41) is 1.05. The average molecular weight is 339 g/mol. The second-order valence-electron chi connectivity index (χ2n) is 6.73. The highest BCUT2D eigenvalue weighted by Gasteiger charge is 2.53. The van der Waals surface area contributed by atoms with Gasteiger partial charge in [-0.05, 0) is 37.1 Å². The van der Waals surface area contributed by atoms with Gasteiger partial charge in [-0.1, -0.05) is 6.08 Å². The molecule has 0 bridgehead atoms. The molecule has 2 aliphatic heterocycles. The second kappa shape index (κ2) is 5.37. The number of hydrogen-bond acceptors (Lipinski definition) is 3. The molecule has 1 fully saturated rings. The van der Waals surface area contributed by atoms with Crippen LogP contribution in [0.4, 0.5) is 0 Å². The first kappa shape index (κ1) is 15.7. The monoisotopic (exact) mass is 339 g/mol. The van der Waals surface area contributed by atoms with Crippen LogP contribution in [0.2, 0.25) is 0 Å². The van der Waals surface area contributed by atoms with Gasteiger partial charge in [-0.2, -0.15) is 0 Å². The van der Waals surface area contributed by atoms with Crippen LogP contribution in [0, 0.1) is 0 Å². The number of ether oxygens (including phenoxy) is 1. The zero-order valence-electron chi connectivity index (χ0n) is 14.5. The highest BCUT2D eigenvalue weighted by Crippen LogP contribution is 2.42. The highest BCUT2D eigenvalue weighted by molar-refractivity contribution is 6.00. The van der Waals surface area contributed by atoms with Gasteiger partial charge in [0.15, 0.2) is 5.54 Å². The lowest BCUT2D eigenvalue weighted by Gasteiger charge is -2.49. The summed E-state index contributed by atoms with van der Waals surface area (Å²) in [7, 11) is 1.64. The van der Waals surface area contributed by atoms with Gasteiger partial charge in [0.05, 0.1) is 12.8 Å². The van der Waals surface area contributed by atoms with Gasteiger partial charge in [-0.15, -0.1) is 6.58 Å². The summed E-state index contributed by atoms with van der Waals surface area (Å²) in [4.78, 5) is 32.6. The lowest BCUT2D eigenvalue weighted by molar-refractivity contribution is -0.165. The molecule has 2 aromatic rings. The number of fused-ring (bicyclic) bond motifs is 5. The minimum absolute atomic E-state index is 0.0224. The number of carbonyl (C=O) groups is 2. The van der Waals surface area contributed by atoms with E-state index < -0.39 is 5.54 Å². The Morgan fingerprint density at radius 2 is 2.20 bits per heavy atom. The Morgan fingerprint density at radius 1 is 1.40 bits per heavy atom. The summed E-state index contributed by atoms with van der Waals surface area (Å²) in [6, 6.07) is 5.83. The highest BCUT2D eigenvalue weighted by atomic mass is 16.5. The summed E-state index contributed by atoms with van der Waals surface area (Å²) < 4.78 is 5.34. The maximum absolute atomic E-state index is 13.2. The summed E-state index contributed by atoms with van der Waals surface area (Å²) in [6.07, 6.45) is 2.38. The first-order valence-corrected chi connectivity index (χ1v) is 8.40. The van der Waals surface area contributed by atoms with Gasteiger partial charge in [-0.3, -0.25) is 9.59 Å². The molecule has 1 aromatic carbocycles. The normalized spacial score (nSPS) is 22.8. The molecule has 25 heavy (non-hydrogen) atoms. The first-order valence-electron chi connectivity index (χ1n) is 8.40. The van der Waals surface area contributed by atoms with Crippen molar-refractivity contribution in [2.45, 2.75) is 18.9 Å². The third-order valence-corrected chi connectivity index (χ3v) is 5.41. The molecule has 1 saturated heterocycles. The van der Waals surface area contributed by atoms with Crippen molar-refractivity contribution in [2.24, 2.45) is 0 Å². The number of methoxy groups -OCH3 is 1. The number of rotatable bonds is 3. The molecule has 130 valence electrons. The molecule has 6 heteroatoms. The average Bonchev–Trinajstić information content (AvgIpc) is 2.99. The molecule has 2 amide bonds. The third kappa shape index (κ3) is 2.03. The van der Waals surface area contributed by atoms with Crippen LogP contribution in [-0.2, 0) is 21.5 Å². The van der Waals surface area contributed by atoms with E-state index in [1.807, 2.05) is 25.1 Å². The van der Waals surface area contributed by atoms with E-state index in [-0.39, 0.29) is 18.4 Å². The molecule has 0 radical (unpaired) electrons. The maximum Gasteiger partial charge on any atom is 0.255 e. The van der Waals surface area contributed by atoms with Crippen LogP contribution in [0.3, 0.4) is 0 Å². The zero-order valence-corrected chi connectivity index (χ0v) is 14.5. The number of aromatic nitrogens is 1. The molecule has 0 aliphatic carbocycles. The fourth-order valence-electron chi connectivity index (χ4n) is 4.14. The van der Waals surface area contributed by atoms with Crippen molar-refractivity contribution in [3.8, 4) is 5.75 Å². The molecule has 0 saturated carbocycles. The number of nitrogens with one attached hydrogen (secondary N) is 1. The molecular formula is C19H21N3O3. The van der Waals surface area contributed by atoms with Crippen molar-refractivity contribution in [3.63, 3.8) is 0 Å². The fraction of sp³-hybridized carbons (Fsp3) is 0.368. The summed E-state index contributed by atoms with van der Waals surface area (Å²) in [5.41, 5.74) is 1.86. The molecule has 1 aromatic heterocycles. The maximum atomic E-state index is 13.2. The first-order chi connectivity index (χ1) is 12.0. The molecule has 2 aliphatic rings. The van der Waals surface area contributed by atoms with Crippen LogP contribution in [0.25, 0.3) is 10.9 Å². The van der Waals surface area contributed by atoms with Crippen molar-refractivity contribution in [1.29, 1.82) is 0 Å².